The minimum atomic E-state index is -0.519. The van der Waals surface area contributed by atoms with Crippen molar-refractivity contribution in [2.75, 3.05) is 26.3 Å². The van der Waals surface area contributed by atoms with Gasteiger partial charge in [-0.15, -0.1) is 0 Å². The molecule has 5 rings (SSSR count). The van der Waals surface area contributed by atoms with Crippen molar-refractivity contribution in [3.63, 3.8) is 0 Å². The van der Waals surface area contributed by atoms with Gasteiger partial charge in [0.2, 0.25) is 5.91 Å². The second kappa shape index (κ2) is 10.2. The second-order valence-electron chi connectivity index (χ2n) is 8.13. The summed E-state index contributed by atoms with van der Waals surface area (Å²) >= 11 is 1.34. The molecule has 4 aromatic rings. The first-order valence-corrected chi connectivity index (χ1v) is 12.2. The lowest BCUT2D eigenvalue weighted by atomic mass is 10.1. The number of hydrogen-bond donors (Lipinski definition) is 0. The summed E-state index contributed by atoms with van der Waals surface area (Å²) in [4.78, 5) is 33.9. The van der Waals surface area contributed by atoms with E-state index in [9.17, 15) is 9.59 Å². The van der Waals surface area contributed by atoms with Gasteiger partial charge in [0, 0.05) is 13.1 Å². The number of carbonyl (C=O) groups is 1. The number of morpholine rings is 1. The Morgan fingerprint density at radius 3 is 2.29 bits per heavy atom. The monoisotopic (exact) mass is 471 g/mol. The Labute approximate surface area is 202 Å². The molecule has 172 valence electrons. The van der Waals surface area contributed by atoms with Gasteiger partial charge in [0.25, 0.3) is 5.56 Å². The summed E-state index contributed by atoms with van der Waals surface area (Å²) in [5.74, 6) is 0.00756. The number of nitrogens with zero attached hydrogens (tertiary/aromatic N) is 3. The average molecular weight is 472 g/mol. The first-order chi connectivity index (χ1) is 16.7. The fourth-order valence-electron chi connectivity index (χ4n) is 4.09. The normalized spacial score (nSPS) is 14.8. The highest BCUT2D eigenvalue weighted by Gasteiger charge is 2.30. The van der Waals surface area contributed by atoms with Crippen LogP contribution in [0, 0.1) is 0 Å². The summed E-state index contributed by atoms with van der Waals surface area (Å²) in [6, 6.07) is 26.9. The van der Waals surface area contributed by atoms with Gasteiger partial charge in [-0.2, -0.15) is 0 Å². The zero-order valence-corrected chi connectivity index (χ0v) is 19.5. The molecule has 0 spiro atoms. The van der Waals surface area contributed by atoms with E-state index in [1.54, 1.807) is 10.6 Å². The van der Waals surface area contributed by atoms with Crippen LogP contribution in [0.4, 0.5) is 0 Å². The quantitative estimate of drug-likeness (QED) is 0.312. The summed E-state index contributed by atoms with van der Waals surface area (Å²) in [5.41, 5.74) is 2.41. The van der Waals surface area contributed by atoms with Gasteiger partial charge in [-0.25, -0.2) is 4.98 Å². The highest BCUT2D eigenvalue weighted by molar-refractivity contribution is 8.00. The standard InChI is InChI=1S/C27H25N3O3S/c31-25-22-13-7-8-14-23(22)28-27(30(25)19-20-9-3-1-4-10-20)34-24(21-11-5-2-6-12-21)26(32)29-15-17-33-18-16-29/h1-14,24H,15-19H2. The van der Waals surface area contributed by atoms with Gasteiger partial charge in [-0.05, 0) is 23.3 Å². The molecule has 0 N–H and O–H groups in total. The molecule has 1 amide bonds. The van der Waals surface area contributed by atoms with E-state index in [1.165, 1.54) is 11.8 Å². The van der Waals surface area contributed by atoms with Gasteiger partial charge in [-0.3, -0.25) is 14.2 Å². The van der Waals surface area contributed by atoms with Crippen LogP contribution in [0.3, 0.4) is 0 Å². The number of para-hydroxylation sites is 1. The van der Waals surface area contributed by atoms with Crippen molar-refractivity contribution in [3.8, 4) is 0 Å². The smallest absolute Gasteiger partial charge is 0.262 e. The molecule has 34 heavy (non-hydrogen) atoms. The third kappa shape index (κ3) is 4.76. The SMILES string of the molecule is O=C(C(Sc1nc2ccccc2c(=O)n1Cc1ccccc1)c1ccccc1)N1CCOCC1. The lowest BCUT2D eigenvalue weighted by molar-refractivity contribution is -0.134. The van der Waals surface area contributed by atoms with E-state index in [2.05, 4.69) is 0 Å². The van der Waals surface area contributed by atoms with Crippen molar-refractivity contribution < 1.29 is 9.53 Å². The number of fused-ring (bicyclic) bond motifs is 1. The van der Waals surface area contributed by atoms with Gasteiger partial charge in [0.15, 0.2) is 5.16 Å². The van der Waals surface area contributed by atoms with Crippen molar-refractivity contribution in [2.24, 2.45) is 0 Å². The summed E-state index contributed by atoms with van der Waals surface area (Å²) in [5, 5.41) is 0.580. The second-order valence-corrected chi connectivity index (χ2v) is 9.21. The highest BCUT2D eigenvalue weighted by Crippen LogP contribution is 2.36. The maximum atomic E-state index is 13.7. The van der Waals surface area contributed by atoms with Gasteiger partial charge in [0.1, 0.15) is 5.25 Å². The summed E-state index contributed by atoms with van der Waals surface area (Å²) in [6.45, 7) is 2.57. The lowest BCUT2D eigenvalue weighted by Gasteiger charge is -2.30. The molecule has 0 saturated carbocycles. The summed E-state index contributed by atoms with van der Waals surface area (Å²) < 4.78 is 7.13. The van der Waals surface area contributed by atoms with Crippen LogP contribution in [0.25, 0.3) is 10.9 Å². The van der Waals surface area contributed by atoms with Crippen molar-refractivity contribution in [1.82, 2.24) is 14.5 Å². The molecule has 1 aromatic heterocycles. The largest absolute Gasteiger partial charge is 0.378 e. The van der Waals surface area contributed by atoms with Crippen molar-refractivity contribution >= 4 is 28.6 Å². The number of thioether (sulfide) groups is 1. The molecule has 6 nitrogen and oxygen atoms in total. The van der Waals surface area contributed by atoms with Crippen LogP contribution in [0.2, 0.25) is 0 Å². The lowest BCUT2D eigenvalue weighted by Crippen LogP contribution is -2.42. The summed E-state index contributed by atoms with van der Waals surface area (Å²) in [7, 11) is 0. The van der Waals surface area contributed by atoms with E-state index in [0.717, 1.165) is 11.1 Å². The fraction of sp³-hybridized carbons (Fsp3) is 0.222. The van der Waals surface area contributed by atoms with Gasteiger partial charge >= 0.3 is 0 Å². The molecule has 1 aliphatic heterocycles. The molecule has 7 heteroatoms. The Morgan fingerprint density at radius 1 is 0.912 bits per heavy atom. The predicted octanol–water partition coefficient (Wildman–Crippen LogP) is 4.14. The molecular weight excluding hydrogens is 446 g/mol. The van der Waals surface area contributed by atoms with Crippen molar-refractivity contribution in [3.05, 3.63) is 106 Å². The number of carbonyl (C=O) groups excluding carboxylic acids is 1. The highest BCUT2D eigenvalue weighted by atomic mass is 32.2. The van der Waals surface area contributed by atoms with Gasteiger partial charge < -0.3 is 9.64 Å². The zero-order valence-electron chi connectivity index (χ0n) is 18.7. The number of hydrogen-bond acceptors (Lipinski definition) is 5. The Morgan fingerprint density at radius 2 is 1.56 bits per heavy atom. The van der Waals surface area contributed by atoms with E-state index in [0.29, 0.717) is 48.9 Å². The Bertz CT molecular complexity index is 1340. The molecule has 1 saturated heterocycles. The topological polar surface area (TPSA) is 64.4 Å². The van der Waals surface area contributed by atoms with E-state index in [-0.39, 0.29) is 11.5 Å². The molecule has 0 radical (unpaired) electrons. The van der Waals surface area contributed by atoms with Crippen LogP contribution in [0.1, 0.15) is 16.4 Å². The third-order valence-electron chi connectivity index (χ3n) is 5.88. The van der Waals surface area contributed by atoms with E-state index < -0.39 is 5.25 Å². The Balaban J connectivity index is 1.59. The number of aromatic nitrogens is 2. The minimum Gasteiger partial charge on any atom is -0.378 e. The number of ether oxygens (including phenoxy) is 1. The molecule has 1 atom stereocenters. The first kappa shape index (κ1) is 22.4. The van der Waals surface area contributed by atoms with Crippen molar-refractivity contribution in [1.29, 1.82) is 0 Å². The minimum absolute atomic E-state index is 0.00756. The summed E-state index contributed by atoms with van der Waals surface area (Å²) in [6.07, 6.45) is 0. The molecule has 1 fully saturated rings. The van der Waals surface area contributed by atoms with Gasteiger partial charge in [0.05, 0.1) is 30.7 Å². The number of rotatable bonds is 6. The Hall–Kier alpha value is -3.42. The van der Waals surface area contributed by atoms with E-state index in [4.69, 9.17) is 9.72 Å². The van der Waals surface area contributed by atoms with Crippen LogP contribution in [0.15, 0.2) is 94.9 Å². The fourth-order valence-corrected chi connectivity index (χ4v) is 5.27. The van der Waals surface area contributed by atoms with Crippen LogP contribution in [-0.2, 0) is 16.1 Å². The van der Waals surface area contributed by atoms with E-state index in [1.807, 2.05) is 83.8 Å². The van der Waals surface area contributed by atoms with Crippen LogP contribution >= 0.6 is 11.8 Å². The zero-order chi connectivity index (χ0) is 23.3. The van der Waals surface area contributed by atoms with E-state index >= 15 is 0 Å². The molecule has 1 aliphatic rings. The van der Waals surface area contributed by atoms with Crippen LogP contribution < -0.4 is 5.56 Å². The average Bonchev–Trinajstić information content (AvgIpc) is 2.90. The van der Waals surface area contributed by atoms with Gasteiger partial charge in [-0.1, -0.05) is 84.6 Å². The predicted molar refractivity (Wildman–Crippen MR) is 134 cm³/mol. The third-order valence-corrected chi connectivity index (χ3v) is 7.11. The Kier molecular flexibility index (Phi) is 6.74. The van der Waals surface area contributed by atoms with Crippen LogP contribution in [0.5, 0.6) is 0 Å². The molecule has 0 aliphatic carbocycles. The number of benzene rings is 3. The molecule has 2 heterocycles. The van der Waals surface area contributed by atoms with Crippen molar-refractivity contribution in [2.45, 2.75) is 17.0 Å². The maximum absolute atomic E-state index is 13.7. The first-order valence-electron chi connectivity index (χ1n) is 11.3. The maximum Gasteiger partial charge on any atom is 0.262 e. The molecule has 0 bridgehead atoms. The molecular formula is C27H25N3O3S. The van der Waals surface area contributed by atoms with Crippen LogP contribution in [-0.4, -0.2) is 46.7 Å². The number of amides is 1. The molecule has 1 unspecified atom stereocenters. The molecule has 3 aromatic carbocycles.